The Bertz CT molecular complexity index is 428. The van der Waals surface area contributed by atoms with Gasteiger partial charge in [0.1, 0.15) is 6.54 Å². The molecule has 5 heteroatoms. The van der Waals surface area contributed by atoms with Gasteiger partial charge in [-0.3, -0.25) is 4.79 Å². The Labute approximate surface area is 113 Å². The number of hydrogen-bond acceptors (Lipinski definition) is 4. The molecule has 2 N–H and O–H groups in total. The molecular weight excluding hydrogens is 242 g/mol. The van der Waals surface area contributed by atoms with E-state index in [9.17, 15) is 9.90 Å². The first-order valence-corrected chi connectivity index (χ1v) is 6.29. The van der Waals surface area contributed by atoms with Crippen LogP contribution in [-0.4, -0.2) is 36.8 Å². The normalized spacial score (nSPS) is 11.4. The molecule has 0 aliphatic heterocycles. The molecule has 0 aliphatic carbocycles. The molecule has 1 aromatic rings. The Hall–Kier alpha value is -2.06. The lowest BCUT2D eigenvalue weighted by Gasteiger charge is -2.26. The molecular formula is C14H19N3O2. The summed E-state index contributed by atoms with van der Waals surface area (Å²) in [5.41, 5.74) is 0.877. The molecule has 1 atom stereocenters. The van der Waals surface area contributed by atoms with Gasteiger partial charge < -0.3 is 15.3 Å². The average Bonchev–Trinajstić information content (AvgIpc) is 2.45. The number of nitrogens with one attached hydrogen (secondary N) is 1. The van der Waals surface area contributed by atoms with E-state index in [1.54, 1.807) is 4.90 Å². The minimum absolute atomic E-state index is 0.00219. The average molecular weight is 261 g/mol. The van der Waals surface area contributed by atoms with Crippen molar-refractivity contribution in [2.75, 3.05) is 24.5 Å². The summed E-state index contributed by atoms with van der Waals surface area (Å²) in [7, 11) is 0. The zero-order chi connectivity index (χ0) is 14.1. The van der Waals surface area contributed by atoms with Crippen LogP contribution >= 0.6 is 0 Å². The SMILES string of the molecule is CCC(O)CN(CC(=O)NCC#N)c1ccccc1. The first-order valence-electron chi connectivity index (χ1n) is 6.29. The molecule has 0 saturated carbocycles. The van der Waals surface area contributed by atoms with E-state index >= 15 is 0 Å². The maximum absolute atomic E-state index is 11.7. The Morgan fingerprint density at radius 1 is 1.47 bits per heavy atom. The summed E-state index contributed by atoms with van der Waals surface area (Å²) in [5.74, 6) is -0.228. The van der Waals surface area contributed by atoms with Crippen LogP contribution in [0.4, 0.5) is 5.69 Å². The van der Waals surface area contributed by atoms with E-state index in [4.69, 9.17) is 5.26 Å². The van der Waals surface area contributed by atoms with Crippen molar-refractivity contribution in [1.29, 1.82) is 5.26 Å². The Kier molecular flexibility index (Phi) is 6.41. The van der Waals surface area contributed by atoms with Gasteiger partial charge in [0.05, 0.1) is 18.7 Å². The van der Waals surface area contributed by atoms with Gasteiger partial charge in [0.15, 0.2) is 0 Å². The summed E-state index contributed by atoms with van der Waals surface area (Å²) >= 11 is 0. The maximum atomic E-state index is 11.7. The summed E-state index contributed by atoms with van der Waals surface area (Å²) in [4.78, 5) is 13.5. The minimum Gasteiger partial charge on any atom is -0.391 e. The Morgan fingerprint density at radius 2 is 2.16 bits per heavy atom. The highest BCUT2D eigenvalue weighted by atomic mass is 16.3. The minimum atomic E-state index is -0.482. The van der Waals surface area contributed by atoms with E-state index in [1.807, 2.05) is 43.3 Å². The van der Waals surface area contributed by atoms with Gasteiger partial charge in [0, 0.05) is 12.2 Å². The molecule has 0 heterocycles. The molecule has 0 aromatic heterocycles. The molecule has 0 spiro atoms. The second-order valence-electron chi connectivity index (χ2n) is 4.21. The van der Waals surface area contributed by atoms with Crippen molar-refractivity contribution >= 4 is 11.6 Å². The summed E-state index contributed by atoms with van der Waals surface area (Å²) in [6.45, 7) is 2.41. The lowest BCUT2D eigenvalue weighted by molar-refractivity contribution is -0.119. The fourth-order valence-corrected chi connectivity index (χ4v) is 1.65. The van der Waals surface area contributed by atoms with Crippen LogP contribution in [0, 0.1) is 11.3 Å². The number of rotatable bonds is 7. The van der Waals surface area contributed by atoms with Gasteiger partial charge in [-0.1, -0.05) is 25.1 Å². The van der Waals surface area contributed by atoms with Gasteiger partial charge in [-0.15, -0.1) is 0 Å². The fraction of sp³-hybridized carbons (Fsp3) is 0.429. The lowest BCUT2D eigenvalue weighted by atomic mass is 10.2. The van der Waals surface area contributed by atoms with Crippen molar-refractivity contribution in [3.05, 3.63) is 30.3 Å². The van der Waals surface area contributed by atoms with Crippen LogP contribution in [0.5, 0.6) is 0 Å². The van der Waals surface area contributed by atoms with Crippen LogP contribution in [0.2, 0.25) is 0 Å². The summed E-state index contributed by atoms with van der Waals surface area (Å²) in [5, 5.41) is 20.7. The van der Waals surface area contributed by atoms with E-state index in [2.05, 4.69) is 5.32 Å². The standard InChI is InChI=1S/C14H19N3O2/c1-2-13(18)10-17(11-14(19)16-9-8-15)12-6-4-3-5-7-12/h3-7,13,18H,2,9-11H2,1H3,(H,16,19). The number of carbonyl (C=O) groups is 1. The van der Waals surface area contributed by atoms with Crippen LogP contribution < -0.4 is 10.2 Å². The molecule has 102 valence electrons. The van der Waals surface area contributed by atoms with Crippen molar-refractivity contribution in [1.82, 2.24) is 5.32 Å². The van der Waals surface area contributed by atoms with E-state index in [-0.39, 0.29) is 19.0 Å². The van der Waals surface area contributed by atoms with Crippen molar-refractivity contribution in [2.45, 2.75) is 19.4 Å². The van der Waals surface area contributed by atoms with E-state index in [1.165, 1.54) is 0 Å². The number of hydrogen-bond donors (Lipinski definition) is 2. The second-order valence-corrected chi connectivity index (χ2v) is 4.21. The second kappa shape index (κ2) is 8.11. The highest BCUT2D eigenvalue weighted by molar-refractivity contribution is 5.81. The van der Waals surface area contributed by atoms with Crippen LogP contribution in [0.3, 0.4) is 0 Å². The summed E-state index contributed by atoms with van der Waals surface area (Å²) in [6, 6.07) is 11.3. The zero-order valence-electron chi connectivity index (χ0n) is 11.0. The van der Waals surface area contributed by atoms with Crippen molar-refractivity contribution in [2.24, 2.45) is 0 Å². The number of carbonyl (C=O) groups excluding carboxylic acids is 1. The van der Waals surface area contributed by atoms with Gasteiger partial charge in [0.2, 0.25) is 5.91 Å². The largest absolute Gasteiger partial charge is 0.391 e. The van der Waals surface area contributed by atoms with Gasteiger partial charge in [-0.2, -0.15) is 5.26 Å². The highest BCUT2D eigenvalue weighted by Gasteiger charge is 2.14. The molecule has 0 radical (unpaired) electrons. The van der Waals surface area contributed by atoms with E-state index < -0.39 is 6.10 Å². The molecule has 0 saturated heterocycles. The van der Waals surface area contributed by atoms with Crippen LogP contribution in [-0.2, 0) is 4.79 Å². The number of amides is 1. The van der Waals surface area contributed by atoms with E-state index in [0.29, 0.717) is 13.0 Å². The number of nitrogens with zero attached hydrogens (tertiary/aromatic N) is 2. The van der Waals surface area contributed by atoms with Crippen LogP contribution in [0.1, 0.15) is 13.3 Å². The first-order chi connectivity index (χ1) is 9.17. The third-order valence-corrected chi connectivity index (χ3v) is 2.72. The smallest absolute Gasteiger partial charge is 0.240 e. The quantitative estimate of drug-likeness (QED) is 0.715. The van der Waals surface area contributed by atoms with Gasteiger partial charge in [-0.05, 0) is 18.6 Å². The fourth-order valence-electron chi connectivity index (χ4n) is 1.65. The number of aliphatic hydroxyl groups excluding tert-OH is 1. The predicted molar refractivity (Wildman–Crippen MR) is 73.6 cm³/mol. The van der Waals surface area contributed by atoms with E-state index in [0.717, 1.165) is 5.69 Å². The Balaban J connectivity index is 2.70. The lowest BCUT2D eigenvalue weighted by Crippen LogP contribution is -2.41. The van der Waals surface area contributed by atoms with Crippen molar-refractivity contribution in [3.63, 3.8) is 0 Å². The molecule has 0 aliphatic rings. The molecule has 1 aromatic carbocycles. The number of anilines is 1. The number of aliphatic hydroxyl groups is 1. The monoisotopic (exact) mass is 261 g/mol. The highest BCUT2D eigenvalue weighted by Crippen LogP contribution is 2.13. The topological polar surface area (TPSA) is 76.4 Å². The van der Waals surface area contributed by atoms with Gasteiger partial charge in [-0.25, -0.2) is 0 Å². The number of benzene rings is 1. The van der Waals surface area contributed by atoms with Crippen molar-refractivity contribution in [3.8, 4) is 6.07 Å². The third kappa shape index (κ3) is 5.40. The molecule has 1 rings (SSSR count). The molecule has 5 nitrogen and oxygen atoms in total. The summed E-state index contributed by atoms with van der Waals surface area (Å²) in [6.07, 6.45) is 0.146. The molecule has 19 heavy (non-hydrogen) atoms. The molecule has 0 bridgehead atoms. The van der Waals surface area contributed by atoms with Crippen LogP contribution in [0.15, 0.2) is 30.3 Å². The predicted octanol–water partition coefficient (Wildman–Crippen LogP) is 0.904. The Morgan fingerprint density at radius 3 is 2.74 bits per heavy atom. The zero-order valence-corrected chi connectivity index (χ0v) is 11.0. The molecule has 1 unspecified atom stereocenters. The van der Waals surface area contributed by atoms with Gasteiger partial charge in [0.25, 0.3) is 0 Å². The molecule has 0 fully saturated rings. The third-order valence-electron chi connectivity index (χ3n) is 2.72. The van der Waals surface area contributed by atoms with Gasteiger partial charge >= 0.3 is 0 Å². The van der Waals surface area contributed by atoms with Crippen LogP contribution in [0.25, 0.3) is 0 Å². The number of para-hydroxylation sites is 1. The molecule has 1 amide bonds. The number of nitriles is 1. The summed E-state index contributed by atoms with van der Waals surface area (Å²) < 4.78 is 0. The first kappa shape index (κ1) is 15.0. The van der Waals surface area contributed by atoms with Crippen molar-refractivity contribution < 1.29 is 9.90 Å². The maximum Gasteiger partial charge on any atom is 0.240 e.